The van der Waals surface area contributed by atoms with Crippen molar-refractivity contribution >= 4 is 49.9 Å². The largest absolute Gasteiger partial charge is 0.497 e. The average Bonchev–Trinajstić information content (AvgIpc) is 2.74. The standard InChI is InChI=1S/C21H19IN2O4S/c1-28-19-13-11-18(12-14-19)24(29(26,27)20-5-3-2-4-6-20)15-21(25)23-17-9-7-16(22)8-10-17/h2-14H,15H2,1H3,(H,23,25). The summed E-state index contributed by atoms with van der Waals surface area (Å²) in [6.45, 7) is -0.366. The lowest BCUT2D eigenvalue weighted by atomic mass is 10.3. The first-order chi connectivity index (χ1) is 13.9. The van der Waals surface area contributed by atoms with Gasteiger partial charge in [0, 0.05) is 9.26 Å². The summed E-state index contributed by atoms with van der Waals surface area (Å²) in [5.41, 5.74) is 0.967. The Bertz CT molecular complexity index is 1070. The van der Waals surface area contributed by atoms with Crippen LogP contribution >= 0.6 is 22.6 Å². The van der Waals surface area contributed by atoms with Crippen molar-refractivity contribution in [3.63, 3.8) is 0 Å². The normalized spacial score (nSPS) is 11.0. The van der Waals surface area contributed by atoms with Gasteiger partial charge in [-0.05, 0) is 83.3 Å². The number of benzene rings is 3. The summed E-state index contributed by atoms with van der Waals surface area (Å²) >= 11 is 2.17. The van der Waals surface area contributed by atoms with Gasteiger partial charge in [0.05, 0.1) is 17.7 Å². The lowest BCUT2D eigenvalue weighted by Gasteiger charge is -2.24. The van der Waals surface area contributed by atoms with Crippen LogP contribution in [0.5, 0.6) is 5.75 Å². The molecule has 0 aliphatic heterocycles. The van der Waals surface area contributed by atoms with E-state index in [1.807, 2.05) is 12.1 Å². The fourth-order valence-corrected chi connectivity index (χ4v) is 4.45. The van der Waals surface area contributed by atoms with Crippen molar-refractivity contribution in [3.8, 4) is 5.75 Å². The van der Waals surface area contributed by atoms with Crippen LogP contribution in [0.2, 0.25) is 0 Å². The Morgan fingerprint density at radius 3 is 2.17 bits per heavy atom. The van der Waals surface area contributed by atoms with Crippen LogP contribution in [0.1, 0.15) is 0 Å². The van der Waals surface area contributed by atoms with Crippen molar-refractivity contribution in [2.75, 3.05) is 23.3 Å². The van der Waals surface area contributed by atoms with Crippen LogP contribution < -0.4 is 14.4 Å². The first-order valence-corrected chi connectivity index (χ1v) is 11.2. The molecule has 0 atom stereocenters. The van der Waals surface area contributed by atoms with Gasteiger partial charge < -0.3 is 10.1 Å². The Morgan fingerprint density at radius 1 is 0.966 bits per heavy atom. The van der Waals surface area contributed by atoms with Crippen LogP contribution in [0.15, 0.2) is 83.8 Å². The molecule has 150 valence electrons. The highest BCUT2D eigenvalue weighted by atomic mass is 127. The summed E-state index contributed by atoms with van der Waals surface area (Å²) in [5.74, 6) is 0.149. The number of methoxy groups -OCH3 is 1. The number of halogens is 1. The Labute approximate surface area is 183 Å². The first kappa shape index (κ1) is 21.1. The lowest BCUT2D eigenvalue weighted by molar-refractivity contribution is -0.114. The lowest BCUT2D eigenvalue weighted by Crippen LogP contribution is -2.38. The maximum atomic E-state index is 13.2. The molecular formula is C21H19IN2O4S. The number of rotatable bonds is 7. The van der Waals surface area contributed by atoms with Crippen molar-refractivity contribution in [2.24, 2.45) is 0 Å². The van der Waals surface area contributed by atoms with Crippen molar-refractivity contribution in [1.29, 1.82) is 0 Å². The molecule has 0 fully saturated rings. The topological polar surface area (TPSA) is 75.7 Å². The summed E-state index contributed by atoms with van der Waals surface area (Å²) in [4.78, 5) is 12.7. The van der Waals surface area contributed by atoms with E-state index in [0.29, 0.717) is 17.1 Å². The van der Waals surface area contributed by atoms with Crippen molar-refractivity contribution in [1.82, 2.24) is 0 Å². The number of amides is 1. The van der Waals surface area contributed by atoms with Crippen LogP contribution in [0, 0.1) is 3.57 Å². The maximum Gasteiger partial charge on any atom is 0.264 e. The molecule has 1 N–H and O–H groups in total. The third kappa shape index (κ3) is 5.27. The zero-order valence-electron chi connectivity index (χ0n) is 15.6. The quantitative estimate of drug-likeness (QED) is 0.474. The number of nitrogens with one attached hydrogen (secondary N) is 1. The SMILES string of the molecule is COc1ccc(N(CC(=O)Nc2ccc(I)cc2)S(=O)(=O)c2ccccc2)cc1. The molecule has 0 heterocycles. The Kier molecular flexibility index (Phi) is 6.75. The monoisotopic (exact) mass is 522 g/mol. The molecule has 0 aliphatic carbocycles. The van der Waals surface area contributed by atoms with E-state index in [1.165, 1.54) is 19.2 Å². The molecule has 8 heteroatoms. The fraction of sp³-hybridized carbons (Fsp3) is 0.0952. The van der Waals surface area contributed by atoms with Crippen molar-refractivity contribution in [2.45, 2.75) is 4.90 Å². The minimum absolute atomic E-state index is 0.109. The van der Waals surface area contributed by atoms with Crippen molar-refractivity contribution < 1.29 is 17.9 Å². The predicted octanol–water partition coefficient (Wildman–Crippen LogP) is 4.13. The molecule has 1 amide bonds. The second-order valence-electron chi connectivity index (χ2n) is 6.08. The van der Waals surface area contributed by atoms with E-state index >= 15 is 0 Å². The van der Waals surface area contributed by atoms with E-state index in [-0.39, 0.29) is 11.4 Å². The molecule has 0 saturated heterocycles. The van der Waals surface area contributed by atoms with Crippen LogP contribution in [-0.4, -0.2) is 28.0 Å². The van der Waals surface area contributed by atoms with E-state index in [2.05, 4.69) is 27.9 Å². The molecule has 29 heavy (non-hydrogen) atoms. The van der Waals surface area contributed by atoms with E-state index in [4.69, 9.17) is 4.74 Å². The second-order valence-corrected chi connectivity index (χ2v) is 9.19. The summed E-state index contributed by atoms with van der Waals surface area (Å²) in [6, 6.07) is 21.8. The molecule has 6 nitrogen and oxygen atoms in total. The summed E-state index contributed by atoms with van der Waals surface area (Å²) < 4.78 is 33.7. The summed E-state index contributed by atoms with van der Waals surface area (Å²) in [6.07, 6.45) is 0. The van der Waals surface area contributed by atoms with Gasteiger partial charge in [0.15, 0.2) is 0 Å². The zero-order valence-corrected chi connectivity index (χ0v) is 18.6. The maximum absolute atomic E-state index is 13.2. The Morgan fingerprint density at radius 2 is 1.59 bits per heavy atom. The summed E-state index contributed by atoms with van der Waals surface area (Å²) in [5, 5.41) is 2.74. The van der Waals surface area contributed by atoms with Gasteiger partial charge >= 0.3 is 0 Å². The number of carbonyl (C=O) groups is 1. The molecule has 0 aromatic heterocycles. The van der Waals surface area contributed by atoms with E-state index < -0.39 is 15.9 Å². The summed E-state index contributed by atoms with van der Waals surface area (Å²) in [7, 11) is -2.41. The molecule has 0 saturated carbocycles. The van der Waals surface area contributed by atoms with E-state index in [1.54, 1.807) is 54.6 Å². The smallest absolute Gasteiger partial charge is 0.264 e. The molecular weight excluding hydrogens is 503 g/mol. The molecule has 0 bridgehead atoms. The minimum Gasteiger partial charge on any atom is -0.497 e. The molecule has 3 aromatic carbocycles. The average molecular weight is 522 g/mol. The highest BCUT2D eigenvalue weighted by Gasteiger charge is 2.27. The minimum atomic E-state index is -3.94. The number of ether oxygens (including phenoxy) is 1. The van der Waals surface area contributed by atoms with Gasteiger partial charge in [-0.3, -0.25) is 9.10 Å². The van der Waals surface area contributed by atoms with Gasteiger partial charge in [0.1, 0.15) is 12.3 Å². The Balaban J connectivity index is 1.91. The number of carbonyl (C=O) groups excluding carboxylic acids is 1. The van der Waals surface area contributed by atoms with Gasteiger partial charge in [0.2, 0.25) is 5.91 Å². The Hall–Kier alpha value is -2.59. The van der Waals surface area contributed by atoms with E-state index in [9.17, 15) is 13.2 Å². The molecule has 0 spiro atoms. The number of sulfonamides is 1. The van der Waals surface area contributed by atoms with Crippen LogP contribution in [0.3, 0.4) is 0 Å². The molecule has 3 aromatic rings. The van der Waals surface area contributed by atoms with Crippen LogP contribution in [-0.2, 0) is 14.8 Å². The molecule has 3 rings (SSSR count). The zero-order chi connectivity index (χ0) is 20.9. The third-order valence-corrected chi connectivity index (χ3v) is 6.61. The highest BCUT2D eigenvalue weighted by Crippen LogP contribution is 2.26. The third-order valence-electron chi connectivity index (χ3n) is 4.11. The van der Waals surface area contributed by atoms with Crippen LogP contribution in [0.4, 0.5) is 11.4 Å². The predicted molar refractivity (Wildman–Crippen MR) is 122 cm³/mol. The second kappa shape index (κ2) is 9.27. The van der Waals surface area contributed by atoms with Gasteiger partial charge in [-0.25, -0.2) is 8.42 Å². The van der Waals surface area contributed by atoms with Gasteiger partial charge in [-0.15, -0.1) is 0 Å². The van der Waals surface area contributed by atoms with Gasteiger partial charge in [0.25, 0.3) is 10.0 Å². The fourth-order valence-electron chi connectivity index (χ4n) is 2.65. The van der Waals surface area contributed by atoms with Gasteiger partial charge in [-0.2, -0.15) is 0 Å². The number of anilines is 2. The molecule has 0 radical (unpaired) electrons. The molecule has 0 aliphatic rings. The highest BCUT2D eigenvalue weighted by molar-refractivity contribution is 14.1. The van der Waals surface area contributed by atoms with Crippen LogP contribution in [0.25, 0.3) is 0 Å². The van der Waals surface area contributed by atoms with E-state index in [0.717, 1.165) is 7.88 Å². The first-order valence-electron chi connectivity index (χ1n) is 8.67. The molecule has 0 unspecified atom stereocenters. The number of hydrogen-bond donors (Lipinski definition) is 1. The number of nitrogens with zero attached hydrogens (tertiary/aromatic N) is 1. The number of hydrogen-bond acceptors (Lipinski definition) is 4. The van der Waals surface area contributed by atoms with Crippen molar-refractivity contribution in [3.05, 3.63) is 82.4 Å². The van der Waals surface area contributed by atoms with Gasteiger partial charge in [-0.1, -0.05) is 18.2 Å².